The summed E-state index contributed by atoms with van der Waals surface area (Å²) in [6.07, 6.45) is 1.59. The summed E-state index contributed by atoms with van der Waals surface area (Å²) in [5, 5.41) is 13.4. The van der Waals surface area contributed by atoms with Crippen LogP contribution in [-0.4, -0.2) is 28.8 Å². The van der Waals surface area contributed by atoms with E-state index >= 15 is 0 Å². The summed E-state index contributed by atoms with van der Waals surface area (Å²) in [5.41, 5.74) is 3.07. The fraction of sp³-hybridized carbons (Fsp3) is 0.250. The first-order valence-electron chi connectivity index (χ1n) is 5.59. The summed E-state index contributed by atoms with van der Waals surface area (Å²) in [6.45, 7) is 0.639. The van der Waals surface area contributed by atoms with E-state index in [0.717, 1.165) is 16.9 Å². The van der Waals surface area contributed by atoms with E-state index in [1.54, 1.807) is 6.20 Å². The van der Waals surface area contributed by atoms with Crippen LogP contribution in [0.2, 0.25) is 5.02 Å². The minimum absolute atomic E-state index is 0.00621. The minimum Gasteiger partial charge on any atom is -0.492 e. The molecule has 1 aliphatic heterocycles. The first-order chi connectivity index (χ1) is 8.58. The number of anilines is 2. The van der Waals surface area contributed by atoms with E-state index in [1.807, 2.05) is 35.7 Å². The number of rotatable bonds is 1. The predicted octanol–water partition coefficient (Wildman–Crippen LogP) is 2.22. The Morgan fingerprint density at radius 2 is 2.22 bits per heavy atom. The second-order valence-electron chi connectivity index (χ2n) is 4.43. The molecule has 2 heterocycles. The van der Waals surface area contributed by atoms with Crippen LogP contribution in [-0.2, 0) is 6.54 Å². The number of nitrogens with zero attached hydrogens (tertiary/aromatic N) is 3. The van der Waals surface area contributed by atoms with Crippen molar-refractivity contribution < 1.29 is 5.11 Å². The van der Waals surface area contributed by atoms with Crippen molar-refractivity contribution in [1.29, 1.82) is 0 Å². The number of halogens is 1. The average molecular weight is 265 g/mol. The monoisotopic (exact) mass is 264 g/mol. The molecule has 18 heavy (non-hydrogen) atoms. The Morgan fingerprint density at radius 1 is 1.44 bits per heavy atom. The largest absolute Gasteiger partial charge is 0.492 e. The Bertz CT molecular complexity index is 621. The summed E-state index contributed by atoms with van der Waals surface area (Å²) in [5.74, 6) is 0.652. The molecule has 0 radical (unpaired) electrons. The third-order valence-corrected chi connectivity index (χ3v) is 3.34. The molecule has 0 amide bonds. The van der Waals surface area contributed by atoms with Crippen LogP contribution >= 0.6 is 11.6 Å². The molecule has 3 rings (SSSR count). The highest BCUT2D eigenvalue weighted by Gasteiger charge is 2.22. The zero-order valence-electron chi connectivity index (χ0n) is 10.1. The Morgan fingerprint density at radius 3 is 2.94 bits per heavy atom. The van der Waals surface area contributed by atoms with Crippen LogP contribution in [0.25, 0.3) is 5.69 Å². The van der Waals surface area contributed by atoms with E-state index in [0.29, 0.717) is 17.5 Å². The van der Waals surface area contributed by atoms with Gasteiger partial charge in [-0.15, -0.1) is 0 Å². The second kappa shape index (κ2) is 3.81. The Balaban J connectivity index is 2.27. The molecule has 1 aromatic heterocycles. The van der Waals surface area contributed by atoms with Gasteiger partial charge in [0.15, 0.2) is 0 Å². The molecule has 0 aliphatic carbocycles. The third kappa shape index (κ3) is 1.51. The minimum atomic E-state index is 0.00621. The number of aromatic hydroxyl groups is 1. The smallest absolute Gasteiger partial charge is 0.231 e. The number of hydrogen-bond donors (Lipinski definition) is 2. The quantitative estimate of drug-likeness (QED) is 0.829. The van der Waals surface area contributed by atoms with E-state index in [9.17, 15) is 5.11 Å². The van der Waals surface area contributed by atoms with Crippen molar-refractivity contribution >= 4 is 23.2 Å². The number of hydrogen-bond acceptors (Lipinski definition) is 4. The van der Waals surface area contributed by atoms with Gasteiger partial charge in [-0.2, -0.15) is 4.98 Å². The third-order valence-electron chi connectivity index (χ3n) is 3.03. The van der Waals surface area contributed by atoms with Crippen molar-refractivity contribution in [2.45, 2.75) is 6.54 Å². The molecule has 1 aliphatic rings. The van der Waals surface area contributed by atoms with E-state index in [4.69, 9.17) is 11.6 Å². The van der Waals surface area contributed by atoms with E-state index < -0.39 is 0 Å². The lowest BCUT2D eigenvalue weighted by atomic mass is 10.1. The molecule has 0 spiro atoms. The Kier molecular flexibility index (Phi) is 2.38. The van der Waals surface area contributed by atoms with E-state index in [-0.39, 0.29) is 5.88 Å². The zero-order valence-corrected chi connectivity index (χ0v) is 10.9. The van der Waals surface area contributed by atoms with Crippen LogP contribution in [0, 0.1) is 0 Å². The molecule has 6 heteroatoms. The highest BCUT2D eigenvalue weighted by atomic mass is 35.5. The summed E-state index contributed by atoms with van der Waals surface area (Å²) < 4.78 is 1.83. The molecule has 94 valence electrons. The summed E-state index contributed by atoms with van der Waals surface area (Å²) in [4.78, 5) is 6.00. The van der Waals surface area contributed by atoms with Gasteiger partial charge in [0.2, 0.25) is 11.8 Å². The molecule has 0 fully saturated rings. The van der Waals surface area contributed by atoms with Gasteiger partial charge in [0.05, 0.1) is 22.6 Å². The first kappa shape index (κ1) is 11.2. The molecule has 0 bridgehead atoms. The van der Waals surface area contributed by atoms with Gasteiger partial charge in [0.1, 0.15) is 0 Å². The van der Waals surface area contributed by atoms with Gasteiger partial charge in [0.25, 0.3) is 0 Å². The normalized spacial score (nSPS) is 12.6. The maximum Gasteiger partial charge on any atom is 0.231 e. The van der Waals surface area contributed by atoms with Gasteiger partial charge in [-0.1, -0.05) is 11.6 Å². The van der Waals surface area contributed by atoms with Gasteiger partial charge < -0.3 is 15.3 Å². The van der Waals surface area contributed by atoms with E-state index in [1.165, 1.54) is 0 Å². The lowest BCUT2D eigenvalue weighted by molar-refractivity contribution is 0.456. The van der Waals surface area contributed by atoms with Gasteiger partial charge in [0, 0.05) is 26.2 Å². The SMILES string of the molecule is CN(C)c1c(Cl)ccc2c1CNc1nc(O)cn1-2. The molecule has 0 saturated carbocycles. The van der Waals surface area contributed by atoms with Crippen LogP contribution < -0.4 is 10.2 Å². The molecule has 0 saturated heterocycles. The summed E-state index contributed by atoms with van der Waals surface area (Å²) >= 11 is 6.24. The predicted molar refractivity (Wildman–Crippen MR) is 71.9 cm³/mol. The van der Waals surface area contributed by atoms with Crippen molar-refractivity contribution in [3.05, 3.63) is 28.9 Å². The number of benzene rings is 1. The number of aromatic nitrogens is 2. The van der Waals surface area contributed by atoms with E-state index in [2.05, 4.69) is 10.3 Å². The summed E-state index contributed by atoms with van der Waals surface area (Å²) in [6, 6.07) is 3.80. The van der Waals surface area contributed by atoms with Crippen molar-refractivity contribution in [1.82, 2.24) is 9.55 Å². The fourth-order valence-corrected chi connectivity index (χ4v) is 2.67. The second-order valence-corrected chi connectivity index (χ2v) is 4.84. The highest BCUT2D eigenvalue weighted by molar-refractivity contribution is 6.33. The fourth-order valence-electron chi connectivity index (χ4n) is 2.32. The van der Waals surface area contributed by atoms with Crippen LogP contribution in [0.4, 0.5) is 11.6 Å². The molecular weight excluding hydrogens is 252 g/mol. The molecule has 0 unspecified atom stereocenters. The average Bonchev–Trinajstić information content (AvgIpc) is 2.68. The van der Waals surface area contributed by atoms with Crippen molar-refractivity contribution in [2.24, 2.45) is 0 Å². The first-order valence-corrected chi connectivity index (χ1v) is 5.97. The molecule has 5 nitrogen and oxygen atoms in total. The maximum atomic E-state index is 9.47. The highest BCUT2D eigenvalue weighted by Crippen LogP contribution is 2.37. The van der Waals surface area contributed by atoms with Crippen molar-refractivity contribution in [3.63, 3.8) is 0 Å². The lowest BCUT2D eigenvalue weighted by Gasteiger charge is -2.26. The van der Waals surface area contributed by atoms with Crippen LogP contribution in [0.5, 0.6) is 5.88 Å². The van der Waals surface area contributed by atoms with Crippen LogP contribution in [0.3, 0.4) is 0 Å². The van der Waals surface area contributed by atoms with Gasteiger partial charge >= 0.3 is 0 Å². The Labute approximate surface area is 110 Å². The molecule has 0 atom stereocenters. The number of nitrogens with one attached hydrogen (secondary N) is 1. The van der Waals surface area contributed by atoms with Gasteiger partial charge in [-0.3, -0.25) is 4.57 Å². The van der Waals surface area contributed by atoms with Gasteiger partial charge in [-0.25, -0.2) is 0 Å². The number of fused-ring (bicyclic) bond motifs is 3. The maximum absolute atomic E-state index is 9.47. The van der Waals surface area contributed by atoms with Crippen molar-refractivity contribution in [3.8, 4) is 11.6 Å². The Hall–Kier alpha value is -1.88. The number of imidazole rings is 1. The summed E-state index contributed by atoms with van der Waals surface area (Å²) in [7, 11) is 3.92. The van der Waals surface area contributed by atoms with Crippen LogP contribution in [0.1, 0.15) is 5.56 Å². The molecule has 2 N–H and O–H groups in total. The molecular formula is C12H13ClN4O. The van der Waals surface area contributed by atoms with Crippen molar-refractivity contribution in [2.75, 3.05) is 24.3 Å². The standard InChI is InChI=1S/C12H13ClN4O/c1-16(2)11-7-5-14-12-15-10(18)6-17(12)9(7)4-3-8(11)13/h3-4,6,18H,5H2,1-2H3,(H,14,15). The van der Waals surface area contributed by atoms with Crippen LogP contribution in [0.15, 0.2) is 18.3 Å². The topological polar surface area (TPSA) is 53.3 Å². The lowest BCUT2D eigenvalue weighted by Crippen LogP contribution is -2.20. The molecule has 1 aromatic carbocycles. The zero-order chi connectivity index (χ0) is 12.9. The van der Waals surface area contributed by atoms with Gasteiger partial charge in [-0.05, 0) is 12.1 Å². The molecule has 2 aromatic rings.